The van der Waals surface area contributed by atoms with E-state index in [1.165, 1.54) is 12.1 Å². The lowest BCUT2D eigenvalue weighted by Gasteiger charge is -2.21. The molecule has 88 valence electrons. The van der Waals surface area contributed by atoms with Crippen LogP contribution in [0.5, 0.6) is 5.75 Å². The van der Waals surface area contributed by atoms with E-state index in [0.717, 1.165) is 5.33 Å². The Balaban J connectivity index is 2.68. The molecule has 1 aromatic carbocycles. The summed E-state index contributed by atoms with van der Waals surface area (Å²) >= 11 is 3.39. The van der Waals surface area contributed by atoms with Crippen LogP contribution in [0.3, 0.4) is 0 Å². The maximum absolute atomic E-state index is 10.6. The van der Waals surface area contributed by atoms with E-state index >= 15 is 0 Å². The molecule has 0 heterocycles. The maximum atomic E-state index is 10.6. The molecule has 0 aliphatic carbocycles. The van der Waals surface area contributed by atoms with Crippen molar-refractivity contribution >= 4 is 21.6 Å². The van der Waals surface area contributed by atoms with Gasteiger partial charge in [-0.2, -0.15) is 0 Å². The summed E-state index contributed by atoms with van der Waals surface area (Å²) in [6.45, 7) is 4.62. The zero-order valence-electron chi connectivity index (χ0n) is 9.27. The van der Waals surface area contributed by atoms with Crippen LogP contribution in [-0.2, 0) is 0 Å². The average molecular weight is 288 g/mol. The predicted octanol–water partition coefficient (Wildman–Crippen LogP) is 3.39. The zero-order chi connectivity index (χ0) is 12.2. The molecule has 0 atom stereocenters. The third kappa shape index (κ3) is 3.81. The molecule has 16 heavy (non-hydrogen) atoms. The highest BCUT2D eigenvalue weighted by atomic mass is 79.9. The van der Waals surface area contributed by atoms with Crippen molar-refractivity contribution in [3.8, 4) is 5.75 Å². The first-order chi connectivity index (χ1) is 7.44. The van der Waals surface area contributed by atoms with Crippen molar-refractivity contribution < 1.29 is 9.66 Å². The summed E-state index contributed by atoms with van der Waals surface area (Å²) in [7, 11) is 0. The van der Waals surface area contributed by atoms with Crippen LogP contribution in [0.15, 0.2) is 24.3 Å². The van der Waals surface area contributed by atoms with Crippen molar-refractivity contribution in [1.29, 1.82) is 0 Å². The number of nitro benzene ring substituents is 1. The van der Waals surface area contributed by atoms with Crippen LogP contribution in [-0.4, -0.2) is 16.9 Å². The molecule has 0 fully saturated rings. The number of halogens is 1. The molecule has 1 rings (SSSR count). The summed E-state index contributed by atoms with van der Waals surface area (Å²) in [6, 6.07) is 6.22. The number of non-ortho nitro benzene ring substituents is 1. The SMILES string of the molecule is CC(C)(CBr)COc1cccc([N+](=O)[O-])c1. The topological polar surface area (TPSA) is 52.4 Å². The van der Waals surface area contributed by atoms with Gasteiger partial charge in [-0.1, -0.05) is 35.8 Å². The minimum Gasteiger partial charge on any atom is -0.493 e. The molecule has 0 spiro atoms. The molecule has 0 aliphatic rings. The van der Waals surface area contributed by atoms with Gasteiger partial charge in [-0.05, 0) is 6.07 Å². The van der Waals surface area contributed by atoms with Crippen molar-refractivity contribution in [2.45, 2.75) is 13.8 Å². The van der Waals surface area contributed by atoms with Gasteiger partial charge in [0.15, 0.2) is 0 Å². The Bertz CT molecular complexity index is 379. The third-order valence-corrected chi connectivity index (χ3v) is 3.54. The molecular weight excluding hydrogens is 274 g/mol. The minimum absolute atomic E-state index is 0.00458. The van der Waals surface area contributed by atoms with E-state index in [-0.39, 0.29) is 11.1 Å². The van der Waals surface area contributed by atoms with Gasteiger partial charge < -0.3 is 4.74 Å². The highest BCUT2D eigenvalue weighted by Crippen LogP contribution is 2.23. The van der Waals surface area contributed by atoms with Crippen molar-refractivity contribution in [1.82, 2.24) is 0 Å². The molecule has 4 nitrogen and oxygen atoms in total. The van der Waals surface area contributed by atoms with E-state index in [1.54, 1.807) is 12.1 Å². The molecule has 0 bridgehead atoms. The second-order valence-electron chi connectivity index (χ2n) is 4.34. The summed E-state index contributed by atoms with van der Waals surface area (Å²) in [5.41, 5.74) is 0.0547. The fraction of sp³-hybridized carbons (Fsp3) is 0.455. The second kappa shape index (κ2) is 5.30. The van der Waals surface area contributed by atoms with Crippen molar-refractivity contribution in [2.75, 3.05) is 11.9 Å². The van der Waals surface area contributed by atoms with Crippen LogP contribution in [0, 0.1) is 15.5 Å². The predicted molar refractivity (Wildman–Crippen MR) is 66.2 cm³/mol. The fourth-order valence-electron chi connectivity index (χ4n) is 1.00. The third-order valence-electron chi connectivity index (χ3n) is 2.02. The van der Waals surface area contributed by atoms with E-state index < -0.39 is 4.92 Å². The largest absolute Gasteiger partial charge is 0.493 e. The van der Waals surface area contributed by atoms with E-state index in [9.17, 15) is 10.1 Å². The van der Waals surface area contributed by atoms with E-state index in [2.05, 4.69) is 29.8 Å². The van der Waals surface area contributed by atoms with Crippen molar-refractivity contribution in [2.24, 2.45) is 5.41 Å². The average Bonchev–Trinajstić information content (AvgIpc) is 2.27. The number of nitro groups is 1. The first-order valence-electron chi connectivity index (χ1n) is 4.88. The van der Waals surface area contributed by atoms with E-state index in [1.807, 2.05) is 0 Å². The lowest BCUT2D eigenvalue weighted by molar-refractivity contribution is -0.384. The van der Waals surface area contributed by atoms with E-state index in [0.29, 0.717) is 12.4 Å². The standard InChI is InChI=1S/C11H14BrNO3/c1-11(2,7-12)8-16-10-5-3-4-9(6-10)13(14)15/h3-6H,7-8H2,1-2H3. The Kier molecular flexibility index (Phi) is 4.29. The van der Waals surface area contributed by atoms with Gasteiger partial charge in [-0.3, -0.25) is 10.1 Å². The number of nitrogens with zero attached hydrogens (tertiary/aromatic N) is 1. The number of hydrogen-bond donors (Lipinski definition) is 0. The molecule has 0 saturated heterocycles. The summed E-state index contributed by atoms with van der Waals surface area (Å²) in [6.07, 6.45) is 0. The molecule has 0 saturated carbocycles. The lowest BCUT2D eigenvalue weighted by atomic mass is 9.98. The number of hydrogen-bond acceptors (Lipinski definition) is 3. The van der Waals surface area contributed by atoms with Crippen LogP contribution in [0.25, 0.3) is 0 Å². The minimum atomic E-state index is -0.428. The van der Waals surface area contributed by atoms with Crippen LogP contribution >= 0.6 is 15.9 Å². The van der Waals surface area contributed by atoms with Crippen LogP contribution < -0.4 is 4.74 Å². The highest BCUT2D eigenvalue weighted by molar-refractivity contribution is 9.09. The van der Waals surface area contributed by atoms with Gasteiger partial charge in [0.05, 0.1) is 17.6 Å². The van der Waals surface area contributed by atoms with Gasteiger partial charge in [0, 0.05) is 16.8 Å². The number of benzene rings is 1. The fourth-order valence-corrected chi connectivity index (χ4v) is 1.17. The number of alkyl halides is 1. The first-order valence-corrected chi connectivity index (χ1v) is 6.00. The Morgan fingerprint density at radius 1 is 1.50 bits per heavy atom. The lowest BCUT2D eigenvalue weighted by Crippen LogP contribution is -2.22. The monoisotopic (exact) mass is 287 g/mol. The normalized spacial score (nSPS) is 11.2. The highest BCUT2D eigenvalue weighted by Gasteiger charge is 2.17. The van der Waals surface area contributed by atoms with Crippen LogP contribution in [0.4, 0.5) is 5.69 Å². The first kappa shape index (κ1) is 13.0. The molecule has 0 aromatic heterocycles. The molecule has 0 radical (unpaired) electrons. The Labute approximate surface area is 103 Å². The van der Waals surface area contributed by atoms with Gasteiger partial charge in [-0.15, -0.1) is 0 Å². The van der Waals surface area contributed by atoms with Crippen LogP contribution in [0.1, 0.15) is 13.8 Å². The van der Waals surface area contributed by atoms with Gasteiger partial charge in [-0.25, -0.2) is 0 Å². The van der Waals surface area contributed by atoms with Crippen molar-refractivity contribution in [3.05, 3.63) is 34.4 Å². The summed E-state index contributed by atoms with van der Waals surface area (Å²) < 4.78 is 5.52. The molecule has 0 unspecified atom stereocenters. The Hall–Kier alpha value is -1.10. The molecule has 0 amide bonds. The maximum Gasteiger partial charge on any atom is 0.273 e. The molecule has 5 heteroatoms. The molecule has 0 aliphatic heterocycles. The van der Waals surface area contributed by atoms with Gasteiger partial charge in [0.25, 0.3) is 5.69 Å². The Morgan fingerprint density at radius 3 is 2.75 bits per heavy atom. The molecule has 1 aromatic rings. The molecular formula is C11H14BrNO3. The van der Waals surface area contributed by atoms with Gasteiger partial charge >= 0.3 is 0 Å². The quantitative estimate of drug-likeness (QED) is 0.474. The summed E-state index contributed by atoms with van der Waals surface area (Å²) in [5.74, 6) is 0.531. The zero-order valence-corrected chi connectivity index (χ0v) is 10.9. The summed E-state index contributed by atoms with van der Waals surface area (Å²) in [4.78, 5) is 10.1. The molecule has 0 N–H and O–H groups in total. The number of ether oxygens (including phenoxy) is 1. The Morgan fingerprint density at radius 2 is 2.19 bits per heavy atom. The van der Waals surface area contributed by atoms with Gasteiger partial charge in [0.2, 0.25) is 0 Å². The number of rotatable bonds is 5. The van der Waals surface area contributed by atoms with E-state index in [4.69, 9.17) is 4.74 Å². The van der Waals surface area contributed by atoms with Gasteiger partial charge in [0.1, 0.15) is 5.75 Å². The smallest absolute Gasteiger partial charge is 0.273 e. The van der Waals surface area contributed by atoms with Crippen LogP contribution in [0.2, 0.25) is 0 Å². The second-order valence-corrected chi connectivity index (χ2v) is 4.90. The summed E-state index contributed by atoms with van der Waals surface area (Å²) in [5, 5.41) is 11.4. The van der Waals surface area contributed by atoms with Crippen molar-refractivity contribution in [3.63, 3.8) is 0 Å².